The number of unbranched alkanes of at least 4 members (excludes halogenated alkanes) is 1. The predicted octanol–water partition coefficient (Wildman–Crippen LogP) is 0.522. The van der Waals surface area contributed by atoms with Crippen molar-refractivity contribution in [3.05, 3.63) is 0 Å². The SMILES string of the molecule is CCCCOCC(O)CNCCS(=O)CC. The van der Waals surface area contributed by atoms with E-state index in [1.54, 1.807) is 0 Å². The van der Waals surface area contributed by atoms with Crippen molar-refractivity contribution in [2.45, 2.75) is 32.8 Å². The molecule has 0 fully saturated rings. The lowest BCUT2D eigenvalue weighted by molar-refractivity contribution is 0.0362. The highest BCUT2D eigenvalue weighted by Gasteiger charge is 2.03. The molecule has 0 aromatic rings. The van der Waals surface area contributed by atoms with Gasteiger partial charge in [0.15, 0.2) is 0 Å². The van der Waals surface area contributed by atoms with Crippen LogP contribution in [0.25, 0.3) is 0 Å². The molecule has 0 saturated heterocycles. The minimum Gasteiger partial charge on any atom is -0.389 e. The van der Waals surface area contributed by atoms with Crippen LogP contribution in [-0.2, 0) is 15.5 Å². The maximum Gasteiger partial charge on any atom is 0.0897 e. The zero-order chi connectivity index (χ0) is 12.2. The summed E-state index contributed by atoms with van der Waals surface area (Å²) in [6.45, 7) is 6.30. The smallest absolute Gasteiger partial charge is 0.0897 e. The standard InChI is InChI=1S/C11H25NO3S/c1-3-5-7-15-10-11(13)9-12-6-8-16(14)4-2/h11-13H,3-10H2,1-2H3. The van der Waals surface area contributed by atoms with Crippen molar-refractivity contribution in [1.29, 1.82) is 0 Å². The molecule has 0 aromatic heterocycles. The Morgan fingerprint density at radius 1 is 1.44 bits per heavy atom. The molecule has 2 N–H and O–H groups in total. The summed E-state index contributed by atoms with van der Waals surface area (Å²) in [6.07, 6.45) is 1.68. The molecule has 0 aliphatic carbocycles. The molecule has 0 aliphatic heterocycles. The first-order chi connectivity index (χ1) is 7.70. The van der Waals surface area contributed by atoms with Gasteiger partial charge in [-0.1, -0.05) is 20.3 Å². The van der Waals surface area contributed by atoms with Crippen molar-refractivity contribution < 1.29 is 14.1 Å². The van der Waals surface area contributed by atoms with Gasteiger partial charge in [0, 0.05) is 42.0 Å². The average Bonchev–Trinajstić information content (AvgIpc) is 2.30. The number of rotatable bonds is 11. The van der Waals surface area contributed by atoms with Crippen molar-refractivity contribution in [1.82, 2.24) is 5.32 Å². The average molecular weight is 251 g/mol. The van der Waals surface area contributed by atoms with E-state index in [0.29, 0.717) is 37.8 Å². The van der Waals surface area contributed by atoms with Crippen LogP contribution in [0.3, 0.4) is 0 Å². The van der Waals surface area contributed by atoms with Gasteiger partial charge in [-0.3, -0.25) is 4.21 Å². The van der Waals surface area contributed by atoms with Gasteiger partial charge < -0.3 is 15.2 Å². The van der Waals surface area contributed by atoms with Gasteiger partial charge in [-0.25, -0.2) is 0 Å². The molecule has 0 saturated carbocycles. The predicted molar refractivity (Wildman–Crippen MR) is 68.2 cm³/mol. The fraction of sp³-hybridized carbons (Fsp3) is 1.00. The first-order valence-corrected chi connectivity index (χ1v) is 7.51. The Balaban J connectivity index is 3.23. The van der Waals surface area contributed by atoms with E-state index in [4.69, 9.17) is 4.74 Å². The quantitative estimate of drug-likeness (QED) is 0.526. The molecule has 0 heterocycles. The van der Waals surface area contributed by atoms with E-state index in [0.717, 1.165) is 12.8 Å². The number of hydrogen-bond acceptors (Lipinski definition) is 4. The van der Waals surface area contributed by atoms with Gasteiger partial charge in [0.05, 0.1) is 12.7 Å². The van der Waals surface area contributed by atoms with E-state index in [-0.39, 0.29) is 0 Å². The third-order valence-electron chi connectivity index (χ3n) is 2.16. The number of nitrogens with one attached hydrogen (secondary N) is 1. The Morgan fingerprint density at radius 2 is 2.19 bits per heavy atom. The topological polar surface area (TPSA) is 58.6 Å². The van der Waals surface area contributed by atoms with Gasteiger partial charge in [0.2, 0.25) is 0 Å². The first kappa shape index (κ1) is 16.0. The number of ether oxygens (including phenoxy) is 1. The van der Waals surface area contributed by atoms with Crippen LogP contribution in [0.15, 0.2) is 0 Å². The van der Waals surface area contributed by atoms with Crippen molar-refractivity contribution in [3.8, 4) is 0 Å². The van der Waals surface area contributed by atoms with E-state index in [1.165, 1.54) is 0 Å². The molecule has 16 heavy (non-hydrogen) atoms. The van der Waals surface area contributed by atoms with Gasteiger partial charge in [0.1, 0.15) is 0 Å². The maximum atomic E-state index is 11.1. The van der Waals surface area contributed by atoms with Crippen molar-refractivity contribution >= 4 is 10.8 Å². The summed E-state index contributed by atoms with van der Waals surface area (Å²) < 4.78 is 16.4. The van der Waals surface area contributed by atoms with Crippen molar-refractivity contribution in [2.75, 3.05) is 37.8 Å². The van der Waals surface area contributed by atoms with E-state index >= 15 is 0 Å². The van der Waals surface area contributed by atoms with Gasteiger partial charge in [-0.2, -0.15) is 0 Å². The molecule has 2 unspecified atom stereocenters. The van der Waals surface area contributed by atoms with Gasteiger partial charge in [-0.15, -0.1) is 0 Å². The summed E-state index contributed by atoms with van der Waals surface area (Å²) in [7, 11) is -0.725. The molecule has 0 aliphatic rings. The molecule has 0 bridgehead atoms. The molecular weight excluding hydrogens is 226 g/mol. The molecule has 0 aromatic carbocycles. The van der Waals surface area contributed by atoms with E-state index < -0.39 is 16.9 Å². The summed E-state index contributed by atoms with van der Waals surface area (Å²) in [4.78, 5) is 0. The summed E-state index contributed by atoms with van der Waals surface area (Å²) in [5.41, 5.74) is 0. The Kier molecular flexibility index (Phi) is 11.5. The third kappa shape index (κ3) is 10.5. The van der Waals surface area contributed by atoms with Crippen LogP contribution in [0, 0.1) is 0 Å². The number of aliphatic hydroxyl groups excluding tert-OH is 1. The molecule has 0 spiro atoms. The minimum absolute atomic E-state index is 0.379. The van der Waals surface area contributed by atoms with Crippen LogP contribution in [-0.4, -0.2) is 53.2 Å². The lowest BCUT2D eigenvalue weighted by Gasteiger charge is -2.11. The molecule has 4 nitrogen and oxygen atoms in total. The largest absolute Gasteiger partial charge is 0.389 e. The summed E-state index contributed by atoms with van der Waals surface area (Å²) in [6, 6.07) is 0. The van der Waals surface area contributed by atoms with Crippen LogP contribution in [0.4, 0.5) is 0 Å². The third-order valence-corrected chi connectivity index (χ3v) is 3.46. The summed E-state index contributed by atoms with van der Waals surface area (Å²) in [5.74, 6) is 1.35. The van der Waals surface area contributed by atoms with E-state index in [2.05, 4.69) is 12.2 Å². The van der Waals surface area contributed by atoms with Crippen LogP contribution in [0.5, 0.6) is 0 Å². The molecule has 2 atom stereocenters. The van der Waals surface area contributed by atoms with Gasteiger partial charge in [0.25, 0.3) is 0 Å². The molecule has 98 valence electrons. The van der Waals surface area contributed by atoms with Gasteiger partial charge in [-0.05, 0) is 6.42 Å². The van der Waals surface area contributed by atoms with E-state index in [9.17, 15) is 9.32 Å². The second-order valence-electron chi connectivity index (χ2n) is 3.72. The number of hydrogen-bond donors (Lipinski definition) is 2. The van der Waals surface area contributed by atoms with Crippen molar-refractivity contribution in [3.63, 3.8) is 0 Å². The number of aliphatic hydroxyl groups is 1. The highest BCUT2D eigenvalue weighted by atomic mass is 32.2. The zero-order valence-corrected chi connectivity index (χ0v) is 11.2. The Bertz CT molecular complexity index is 179. The fourth-order valence-electron chi connectivity index (χ4n) is 1.12. The van der Waals surface area contributed by atoms with Crippen LogP contribution in [0.2, 0.25) is 0 Å². The highest BCUT2D eigenvalue weighted by Crippen LogP contribution is 1.90. The van der Waals surface area contributed by atoms with Crippen LogP contribution in [0.1, 0.15) is 26.7 Å². The molecular formula is C11H25NO3S. The normalized spacial score (nSPS) is 14.9. The second kappa shape index (κ2) is 11.5. The lowest BCUT2D eigenvalue weighted by atomic mass is 10.3. The van der Waals surface area contributed by atoms with Gasteiger partial charge >= 0.3 is 0 Å². The van der Waals surface area contributed by atoms with Crippen LogP contribution >= 0.6 is 0 Å². The summed E-state index contributed by atoms with van der Waals surface area (Å²) in [5, 5.41) is 12.6. The zero-order valence-electron chi connectivity index (χ0n) is 10.4. The maximum absolute atomic E-state index is 11.1. The molecule has 0 radical (unpaired) electrons. The highest BCUT2D eigenvalue weighted by molar-refractivity contribution is 7.84. The second-order valence-corrected chi connectivity index (χ2v) is 5.58. The Morgan fingerprint density at radius 3 is 2.81 bits per heavy atom. The van der Waals surface area contributed by atoms with Crippen molar-refractivity contribution in [2.24, 2.45) is 0 Å². The summed E-state index contributed by atoms with van der Waals surface area (Å²) >= 11 is 0. The Hall–Kier alpha value is 0.0300. The Labute approximate surface area is 101 Å². The van der Waals surface area contributed by atoms with Crippen LogP contribution < -0.4 is 5.32 Å². The molecule has 5 heteroatoms. The molecule has 0 rings (SSSR count). The first-order valence-electron chi connectivity index (χ1n) is 6.02. The molecule has 0 amide bonds. The fourth-order valence-corrected chi connectivity index (χ4v) is 1.78. The monoisotopic (exact) mass is 251 g/mol. The minimum atomic E-state index is -0.725. The lowest BCUT2D eigenvalue weighted by Crippen LogP contribution is -2.32. The van der Waals surface area contributed by atoms with E-state index in [1.807, 2.05) is 6.92 Å².